The van der Waals surface area contributed by atoms with E-state index >= 15 is 0 Å². The molecule has 5 nitrogen and oxygen atoms in total. The first-order chi connectivity index (χ1) is 12.2. The quantitative estimate of drug-likeness (QED) is 0.800. The topological polar surface area (TPSA) is 62.7 Å². The van der Waals surface area contributed by atoms with Gasteiger partial charge in [0.1, 0.15) is 5.75 Å². The van der Waals surface area contributed by atoms with Crippen molar-refractivity contribution in [3.05, 3.63) is 59.9 Å². The number of likely N-dealkylation sites (tertiary alicyclic amines) is 1. The minimum Gasteiger partial charge on any atom is -0.482 e. The molecule has 3 rings (SSSR count). The van der Waals surface area contributed by atoms with Gasteiger partial charge in [0, 0.05) is 25.0 Å². The number of pyridine rings is 1. The Hall–Kier alpha value is -2.40. The molecule has 1 aliphatic rings. The molecule has 0 saturated carbocycles. The van der Waals surface area contributed by atoms with Gasteiger partial charge in [-0.25, -0.2) is 4.79 Å². The Kier molecular flexibility index (Phi) is 6.01. The average molecular weight is 340 g/mol. The molecule has 1 saturated heterocycles. The third kappa shape index (κ3) is 5.29. The summed E-state index contributed by atoms with van der Waals surface area (Å²) in [6.07, 6.45) is 8.48. The lowest BCUT2D eigenvalue weighted by Gasteiger charge is -2.24. The largest absolute Gasteiger partial charge is 0.482 e. The van der Waals surface area contributed by atoms with Crippen molar-refractivity contribution in [3.63, 3.8) is 0 Å². The first-order valence-corrected chi connectivity index (χ1v) is 8.77. The number of hydrogen-bond acceptors (Lipinski definition) is 4. The van der Waals surface area contributed by atoms with Gasteiger partial charge in [0.05, 0.1) is 0 Å². The Morgan fingerprint density at radius 1 is 1.16 bits per heavy atom. The Balaban J connectivity index is 1.51. The summed E-state index contributed by atoms with van der Waals surface area (Å²) in [6, 6.07) is 12.5. The molecule has 0 radical (unpaired) electrons. The van der Waals surface area contributed by atoms with Crippen molar-refractivity contribution in [3.8, 4) is 5.75 Å². The Morgan fingerprint density at radius 2 is 1.92 bits per heavy atom. The monoisotopic (exact) mass is 340 g/mol. The van der Waals surface area contributed by atoms with Crippen molar-refractivity contribution in [1.29, 1.82) is 0 Å². The van der Waals surface area contributed by atoms with E-state index in [0.717, 1.165) is 19.5 Å². The van der Waals surface area contributed by atoms with Crippen LogP contribution in [0.1, 0.15) is 30.4 Å². The third-order valence-electron chi connectivity index (χ3n) is 4.69. The van der Waals surface area contributed by atoms with Crippen molar-refractivity contribution in [2.75, 3.05) is 13.2 Å². The second-order valence-electron chi connectivity index (χ2n) is 6.49. The first-order valence-electron chi connectivity index (χ1n) is 8.77. The highest BCUT2D eigenvalue weighted by Gasteiger charge is 2.24. The lowest BCUT2D eigenvalue weighted by Crippen LogP contribution is -2.29. The zero-order valence-electron chi connectivity index (χ0n) is 14.3. The van der Waals surface area contributed by atoms with Crippen LogP contribution in [0.25, 0.3) is 0 Å². The van der Waals surface area contributed by atoms with E-state index in [1.807, 2.05) is 36.7 Å². The number of rotatable bonds is 8. The zero-order chi connectivity index (χ0) is 17.5. The smallest absolute Gasteiger partial charge is 0.341 e. The highest BCUT2D eigenvalue weighted by Crippen LogP contribution is 2.24. The second kappa shape index (κ2) is 8.62. The Morgan fingerprint density at radius 3 is 2.64 bits per heavy atom. The van der Waals surface area contributed by atoms with Gasteiger partial charge in [-0.1, -0.05) is 12.1 Å². The summed E-state index contributed by atoms with van der Waals surface area (Å²) in [5.74, 6) is -0.361. The van der Waals surface area contributed by atoms with Crippen molar-refractivity contribution in [2.45, 2.75) is 38.3 Å². The van der Waals surface area contributed by atoms with Crippen LogP contribution in [0.5, 0.6) is 5.75 Å². The molecule has 2 heterocycles. The summed E-state index contributed by atoms with van der Waals surface area (Å²) in [5, 5.41) is 8.65. The molecule has 1 aromatic carbocycles. The predicted octanol–water partition coefficient (Wildman–Crippen LogP) is 3.14. The highest BCUT2D eigenvalue weighted by atomic mass is 16.5. The minimum absolute atomic E-state index is 0.303. The van der Waals surface area contributed by atoms with Gasteiger partial charge in [0.15, 0.2) is 6.61 Å². The molecule has 0 bridgehead atoms. The van der Waals surface area contributed by atoms with Gasteiger partial charge in [-0.3, -0.25) is 9.88 Å². The molecule has 1 fully saturated rings. The molecule has 2 aromatic rings. The van der Waals surface area contributed by atoms with Crippen LogP contribution in [-0.2, 0) is 17.8 Å². The molecular weight excluding hydrogens is 316 g/mol. The molecule has 5 heteroatoms. The van der Waals surface area contributed by atoms with Crippen LogP contribution in [0.4, 0.5) is 0 Å². The van der Waals surface area contributed by atoms with Gasteiger partial charge in [0.2, 0.25) is 0 Å². The van der Waals surface area contributed by atoms with Crippen LogP contribution in [0, 0.1) is 0 Å². The Bertz CT molecular complexity index is 673. The van der Waals surface area contributed by atoms with Gasteiger partial charge in [-0.2, -0.15) is 0 Å². The molecule has 1 N–H and O–H groups in total. The van der Waals surface area contributed by atoms with Crippen LogP contribution in [0.2, 0.25) is 0 Å². The average Bonchev–Trinajstić information content (AvgIpc) is 3.07. The number of aromatic nitrogens is 1. The highest BCUT2D eigenvalue weighted by molar-refractivity contribution is 5.68. The summed E-state index contributed by atoms with van der Waals surface area (Å²) in [7, 11) is 0. The van der Waals surface area contributed by atoms with Crippen LogP contribution in [-0.4, -0.2) is 40.2 Å². The molecule has 0 aliphatic carbocycles. The van der Waals surface area contributed by atoms with Crippen LogP contribution in [0.3, 0.4) is 0 Å². The van der Waals surface area contributed by atoms with Gasteiger partial charge in [0.25, 0.3) is 0 Å². The maximum atomic E-state index is 10.5. The molecular formula is C20H24N2O3. The molecule has 1 aliphatic heterocycles. The van der Waals surface area contributed by atoms with Crippen molar-refractivity contribution < 1.29 is 14.6 Å². The summed E-state index contributed by atoms with van der Waals surface area (Å²) in [4.78, 5) is 17.2. The standard InChI is InChI=1S/C20H24N2O3/c23-20(24)15-25-19-7-4-17(5-8-19)14-22-13-1-2-18(22)6-3-16-9-11-21-12-10-16/h4-5,7-12,18H,1-3,6,13-15H2,(H,23,24)/t18-/m1/s1. The molecule has 132 valence electrons. The van der Waals surface area contributed by atoms with Crippen molar-refractivity contribution >= 4 is 5.97 Å². The maximum Gasteiger partial charge on any atom is 0.341 e. The van der Waals surface area contributed by atoms with E-state index in [2.05, 4.69) is 22.0 Å². The van der Waals surface area contributed by atoms with Crippen LogP contribution in [0.15, 0.2) is 48.8 Å². The van der Waals surface area contributed by atoms with E-state index in [1.54, 1.807) is 0 Å². The lowest BCUT2D eigenvalue weighted by molar-refractivity contribution is -0.139. The first kappa shape index (κ1) is 17.4. The molecule has 0 spiro atoms. The number of aliphatic carboxylic acids is 1. The summed E-state index contributed by atoms with van der Waals surface area (Å²) >= 11 is 0. The fourth-order valence-electron chi connectivity index (χ4n) is 3.38. The van der Waals surface area contributed by atoms with Gasteiger partial charge in [-0.05, 0) is 67.6 Å². The number of carbonyl (C=O) groups is 1. The van der Waals surface area contributed by atoms with E-state index in [4.69, 9.17) is 9.84 Å². The summed E-state index contributed by atoms with van der Waals surface area (Å²) < 4.78 is 5.18. The van der Waals surface area contributed by atoms with E-state index in [-0.39, 0.29) is 6.61 Å². The Labute approximate surface area is 148 Å². The minimum atomic E-state index is -0.960. The SMILES string of the molecule is O=C(O)COc1ccc(CN2CCC[C@@H]2CCc2ccncc2)cc1. The van der Waals surface area contributed by atoms with E-state index < -0.39 is 5.97 Å². The number of carboxylic acids is 1. The van der Waals surface area contributed by atoms with Crippen LogP contribution >= 0.6 is 0 Å². The number of aryl methyl sites for hydroxylation is 1. The normalized spacial score (nSPS) is 17.5. The zero-order valence-corrected chi connectivity index (χ0v) is 14.3. The molecule has 25 heavy (non-hydrogen) atoms. The van der Waals surface area contributed by atoms with E-state index in [9.17, 15) is 4.79 Å². The fourth-order valence-corrected chi connectivity index (χ4v) is 3.38. The van der Waals surface area contributed by atoms with Crippen LogP contribution < -0.4 is 4.74 Å². The molecule has 0 unspecified atom stereocenters. The second-order valence-corrected chi connectivity index (χ2v) is 6.49. The van der Waals surface area contributed by atoms with E-state index in [1.165, 1.54) is 30.4 Å². The van der Waals surface area contributed by atoms with Gasteiger partial charge >= 0.3 is 5.97 Å². The molecule has 0 amide bonds. The molecule has 1 aromatic heterocycles. The molecule has 1 atom stereocenters. The number of ether oxygens (including phenoxy) is 1. The predicted molar refractivity (Wildman–Crippen MR) is 95.6 cm³/mol. The fraction of sp³-hybridized carbons (Fsp3) is 0.400. The number of nitrogens with zero attached hydrogens (tertiary/aromatic N) is 2. The van der Waals surface area contributed by atoms with E-state index in [0.29, 0.717) is 11.8 Å². The number of carboxylic acid groups (broad SMARTS) is 1. The number of benzene rings is 1. The maximum absolute atomic E-state index is 10.5. The summed E-state index contributed by atoms with van der Waals surface area (Å²) in [6.45, 7) is 1.76. The number of hydrogen-bond donors (Lipinski definition) is 1. The summed E-state index contributed by atoms with van der Waals surface area (Å²) in [5.41, 5.74) is 2.58. The van der Waals surface area contributed by atoms with Gasteiger partial charge < -0.3 is 9.84 Å². The van der Waals surface area contributed by atoms with Crippen molar-refractivity contribution in [2.24, 2.45) is 0 Å². The van der Waals surface area contributed by atoms with Crippen molar-refractivity contribution in [1.82, 2.24) is 9.88 Å². The van der Waals surface area contributed by atoms with Gasteiger partial charge in [-0.15, -0.1) is 0 Å². The lowest BCUT2D eigenvalue weighted by atomic mass is 10.0. The third-order valence-corrected chi connectivity index (χ3v) is 4.69.